The van der Waals surface area contributed by atoms with Gasteiger partial charge in [-0.3, -0.25) is 0 Å². The molecule has 0 saturated heterocycles. The number of rotatable bonds is 5. The van der Waals surface area contributed by atoms with Crippen LogP contribution in [-0.4, -0.2) is 27.5 Å². The monoisotopic (exact) mass is 302 g/mol. The van der Waals surface area contributed by atoms with E-state index in [1.807, 2.05) is 6.92 Å². The zero-order chi connectivity index (χ0) is 13.1. The molecule has 1 unspecified atom stereocenters. The lowest BCUT2D eigenvalue weighted by Gasteiger charge is -2.01. The van der Waals surface area contributed by atoms with Crippen LogP contribution in [0.4, 0.5) is 0 Å². The van der Waals surface area contributed by atoms with Crippen LogP contribution in [0.5, 0.6) is 0 Å². The molecule has 1 N–H and O–H groups in total. The van der Waals surface area contributed by atoms with Crippen molar-refractivity contribution in [2.45, 2.75) is 22.3 Å². The number of hydrogen-bond acceptors (Lipinski definition) is 7. The second-order valence-electron chi connectivity index (χ2n) is 3.35. The average Bonchev–Trinajstić information content (AvgIpc) is 2.98. The zero-order valence-electron chi connectivity index (χ0n) is 9.61. The fourth-order valence-electron chi connectivity index (χ4n) is 1.12. The quantitative estimate of drug-likeness (QED) is 0.914. The number of aromatic nitrogens is 2. The molecule has 2 aromatic heterocycles. The number of methoxy groups -OCH3 is 1. The van der Waals surface area contributed by atoms with Gasteiger partial charge in [0.15, 0.2) is 10.2 Å². The summed E-state index contributed by atoms with van der Waals surface area (Å²) in [5.74, 6) is -0.253. The van der Waals surface area contributed by atoms with Crippen LogP contribution < -0.4 is 0 Å². The first-order valence-corrected chi connectivity index (χ1v) is 7.43. The van der Waals surface area contributed by atoms with Gasteiger partial charge in [0.2, 0.25) is 0 Å². The summed E-state index contributed by atoms with van der Waals surface area (Å²) in [6, 6.07) is 1.64. The van der Waals surface area contributed by atoms with Crippen molar-refractivity contribution < 1.29 is 14.6 Å². The van der Waals surface area contributed by atoms with Gasteiger partial charge < -0.3 is 9.84 Å². The number of thiophene rings is 1. The highest BCUT2D eigenvalue weighted by Crippen LogP contribution is 2.33. The van der Waals surface area contributed by atoms with Crippen LogP contribution in [0.1, 0.15) is 28.5 Å². The summed E-state index contributed by atoms with van der Waals surface area (Å²) in [4.78, 5) is 16.3. The second kappa shape index (κ2) is 5.79. The van der Waals surface area contributed by atoms with Crippen LogP contribution in [-0.2, 0) is 4.74 Å². The van der Waals surface area contributed by atoms with Gasteiger partial charge in [0.05, 0.1) is 0 Å². The summed E-state index contributed by atoms with van der Waals surface area (Å²) in [7, 11) is 1.61. The van der Waals surface area contributed by atoms with Gasteiger partial charge in [0.1, 0.15) is 11.0 Å². The summed E-state index contributed by atoms with van der Waals surface area (Å²) < 4.78 is 10.1. The van der Waals surface area contributed by atoms with Crippen molar-refractivity contribution in [1.82, 2.24) is 9.36 Å². The van der Waals surface area contributed by atoms with Crippen LogP contribution in [0.3, 0.4) is 0 Å². The molecule has 18 heavy (non-hydrogen) atoms. The first-order chi connectivity index (χ1) is 8.60. The highest BCUT2D eigenvalue weighted by molar-refractivity contribution is 8.01. The lowest BCUT2D eigenvalue weighted by molar-refractivity contribution is 0.0702. The lowest BCUT2D eigenvalue weighted by atomic mass is 10.4. The molecule has 1 atom stereocenters. The van der Waals surface area contributed by atoms with E-state index in [-0.39, 0.29) is 6.10 Å². The standard InChI is InChI=1S/C10H10N2O3S3/c1-5(15-2)8-11-10(18-12-8)17-6-3-7(9(13)14)16-4-6/h3-5H,1-2H3,(H,13,14). The molecule has 0 aromatic carbocycles. The molecule has 96 valence electrons. The van der Waals surface area contributed by atoms with Crippen LogP contribution >= 0.6 is 34.6 Å². The molecule has 5 nitrogen and oxygen atoms in total. The SMILES string of the molecule is COC(C)c1nsc(Sc2csc(C(=O)O)c2)n1. The van der Waals surface area contributed by atoms with Gasteiger partial charge in [-0.2, -0.15) is 4.37 Å². The normalized spacial score (nSPS) is 12.6. The Bertz CT molecular complexity index is 552. The molecule has 0 aliphatic rings. The molecule has 0 amide bonds. The number of hydrogen-bond donors (Lipinski definition) is 1. The molecule has 0 aliphatic carbocycles. The molecular weight excluding hydrogens is 292 g/mol. The number of nitrogens with zero attached hydrogens (tertiary/aromatic N) is 2. The second-order valence-corrected chi connectivity index (χ2v) is 6.33. The van der Waals surface area contributed by atoms with Gasteiger partial charge in [-0.15, -0.1) is 11.3 Å². The van der Waals surface area contributed by atoms with Gasteiger partial charge in [0, 0.05) is 17.4 Å². The first-order valence-electron chi connectivity index (χ1n) is 4.96. The summed E-state index contributed by atoms with van der Waals surface area (Å²) in [6.45, 7) is 1.88. The number of carboxylic acids is 1. The molecule has 2 aromatic rings. The third kappa shape index (κ3) is 3.08. The van der Waals surface area contributed by atoms with Crippen LogP contribution in [0.15, 0.2) is 20.7 Å². The molecule has 8 heteroatoms. The first kappa shape index (κ1) is 13.5. The van der Waals surface area contributed by atoms with Crippen molar-refractivity contribution >= 4 is 40.6 Å². The summed E-state index contributed by atoms with van der Waals surface area (Å²) >= 11 is 3.90. The Hall–Kier alpha value is -0.960. The van der Waals surface area contributed by atoms with E-state index in [1.54, 1.807) is 18.6 Å². The highest BCUT2D eigenvalue weighted by atomic mass is 32.2. The molecule has 2 heterocycles. The molecule has 0 radical (unpaired) electrons. The van der Waals surface area contributed by atoms with Crippen LogP contribution in [0, 0.1) is 0 Å². The van der Waals surface area contributed by atoms with Crippen molar-refractivity contribution in [3.63, 3.8) is 0 Å². The Morgan fingerprint density at radius 3 is 3.00 bits per heavy atom. The maximum absolute atomic E-state index is 10.8. The number of carboxylic acid groups (broad SMARTS) is 1. The van der Waals surface area contributed by atoms with E-state index in [4.69, 9.17) is 9.84 Å². The minimum Gasteiger partial charge on any atom is -0.477 e. The summed E-state index contributed by atoms with van der Waals surface area (Å²) in [5.41, 5.74) is 0. The Labute approximate surface area is 116 Å². The van der Waals surface area contributed by atoms with Gasteiger partial charge in [-0.1, -0.05) is 11.8 Å². The third-order valence-corrected chi connectivity index (χ3v) is 4.94. The minimum atomic E-state index is -0.905. The maximum atomic E-state index is 10.8. The predicted octanol–water partition coefficient (Wildman–Crippen LogP) is 3.16. The molecule has 0 aliphatic heterocycles. The topological polar surface area (TPSA) is 72.3 Å². The summed E-state index contributed by atoms with van der Waals surface area (Å²) in [6.07, 6.45) is -0.132. The van der Waals surface area contributed by atoms with E-state index in [9.17, 15) is 4.79 Å². The molecule has 0 fully saturated rings. The minimum absolute atomic E-state index is 0.132. The summed E-state index contributed by atoms with van der Waals surface area (Å²) in [5, 5.41) is 10.6. The van der Waals surface area contributed by atoms with E-state index in [0.29, 0.717) is 10.7 Å². The number of ether oxygens (including phenoxy) is 1. The van der Waals surface area contributed by atoms with Gasteiger partial charge in [-0.25, -0.2) is 9.78 Å². The smallest absolute Gasteiger partial charge is 0.345 e. The van der Waals surface area contributed by atoms with Gasteiger partial charge in [0.25, 0.3) is 0 Å². The molecule has 0 bridgehead atoms. The third-order valence-electron chi connectivity index (χ3n) is 2.13. The predicted molar refractivity (Wildman–Crippen MR) is 70.7 cm³/mol. The Morgan fingerprint density at radius 2 is 2.39 bits per heavy atom. The molecule has 2 rings (SSSR count). The molecule has 0 saturated carbocycles. The van der Waals surface area contributed by atoms with E-state index in [1.165, 1.54) is 34.6 Å². The van der Waals surface area contributed by atoms with E-state index in [2.05, 4.69) is 9.36 Å². The van der Waals surface area contributed by atoms with Gasteiger partial charge >= 0.3 is 5.97 Å². The fourth-order valence-corrected chi connectivity index (χ4v) is 3.70. The van der Waals surface area contributed by atoms with Crippen molar-refractivity contribution in [2.75, 3.05) is 7.11 Å². The maximum Gasteiger partial charge on any atom is 0.345 e. The van der Waals surface area contributed by atoms with E-state index < -0.39 is 5.97 Å². The van der Waals surface area contributed by atoms with Crippen molar-refractivity contribution in [3.8, 4) is 0 Å². The Morgan fingerprint density at radius 1 is 1.61 bits per heavy atom. The van der Waals surface area contributed by atoms with Crippen molar-refractivity contribution in [1.29, 1.82) is 0 Å². The Balaban J connectivity index is 2.08. The van der Waals surface area contributed by atoms with E-state index >= 15 is 0 Å². The van der Waals surface area contributed by atoms with Gasteiger partial charge in [-0.05, 0) is 24.5 Å². The Kier molecular flexibility index (Phi) is 4.33. The van der Waals surface area contributed by atoms with E-state index in [0.717, 1.165) is 9.24 Å². The highest BCUT2D eigenvalue weighted by Gasteiger charge is 2.13. The average molecular weight is 302 g/mol. The zero-order valence-corrected chi connectivity index (χ0v) is 12.1. The number of carbonyl (C=O) groups is 1. The van der Waals surface area contributed by atoms with Crippen molar-refractivity contribution in [3.05, 3.63) is 22.1 Å². The lowest BCUT2D eigenvalue weighted by Crippen LogP contribution is -1.97. The van der Waals surface area contributed by atoms with Crippen molar-refractivity contribution in [2.24, 2.45) is 0 Å². The van der Waals surface area contributed by atoms with Crippen LogP contribution in [0.25, 0.3) is 0 Å². The fraction of sp³-hybridized carbons (Fsp3) is 0.300. The molecule has 0 spiro atoms. The largest absolute Gasteiger partial charge is 0.477 e. The van der Waals surface area contributed by atoms with Crippen LogP contribution in [0.2, 0.25) is 0 Å². The molecular formula is C10H10N2O3S3. The number of aromatic carboxylic acids is 1.